The second-order valence-electron chi connectivity index (χ2n) is 4.49. The van der Waals surface area contributed by atoms with Crippen molar-refractivity contribution in [3.05, 3.63) is 29.8 Å². The van der Waals surface area contributed by atoms with Gasteiger partial charge in [0.1, 0.15) is 5.92 Å². The average Bonchev–Trinajstić information content (AvgIpc) is 2.27. The van der Waals surface area contributed by atoms with E-state index in [0.29, 0.717) is 5.69 Å². The van der Waals surface area contributed by atoms with Gasteiger partial charge >= 0.3 is 5.97 Å². The topological polar surface area (TPSA) is 69.6 Å². The molecule has 0 heterocycles. The Bertz CT molecular complexity index is 444. The monoisotopic (exact) mass is 250 g/mol. The maximum Gasteiger partial charge on any atom is 0.315 e. The molecule has 1 amide bonds. The number of carbonyl (C=O) groups is 2. The van der Waals surface area contributed by atoms with Crippen LogP contribution < -0.4 is 5.32 Å². The van der Waals surface area contributed by atoms with E-state index >= 15 is 0 Å². The zero-order valence-electron chi connectivity index (χ0n) is 10.8. The number of carbonyl (C=O) groups excluding carboxylic acids is 1. The third-order valence-corrected chi connectivity index (χ3v) is 2.46. The van der Waals surface area contributed by atoms with Crippen LogP contribution in [0.4, 0.5) is 5.69 Å². The molecule has 2 N–H and O–H groups in total. The standard InChI is InChI=1S/C13H18N2O3/c1-9(13(17)18)12(16)14-11-6-4-5-10(7-11)8-15(2)3/h4-7,9H,8H2,1-3H3,(H,14,16)(H,17,18). The molecule has 0 saturated heterocycles. The molecule has 1 rings (SSSR count). The van der Waals surface area contributed by atoms with Crippen LogP contribution in [0.1, 0.15) is 12.5 Å². The Morgan fingerprint density at radius 2 is 2.06 bits per heavy atom. The summed E-state index contributed by atoms with van der Waals surface area (Å²) in [7, 11) is 3.91. The number of rotatable bonds is 5. The van der Waals surface area contributed by atoms with Gasteiger partial charge in [-0.05, 0) is 38.7 Å². The number of aliphatic carboxylic acids is 1. The summed E-state index contributed by atoms with van der Waals surface area (Å²) in [5, 5.41) is 11.3. The lowest BCUT2D eigenvalue weighted by molar-refractivity contribution is -0.144. The summed E-state index contributed by atoms with van der Waals surface area (Å²) >= 11 is 0. The molecule has 98 valence electrons. The number of nitrogens with one attached hydrogen (secondary N) is 1. The summed E-state index contributed by atoms with van der Waals surface area (Å²) in [5.74, 6) is -2.69. The molecule has 0 bridgehead atoms. The molecule has 0 aliphatic carbocycles. The van der Waals surface area contributed by atoms with Crippen molar-refractivity contribution in [2.45, 2.75) is 13.5 Å². The van der Waals surface area contributed by atoms with Gasteiger partial charge in [-0.15, -0.1) is 0 Å². The van der Waals surface area contributed by atoms with E-state index in [1.807, 2.05) is 37.2 Å². The number of anilines is 1. The van der Waals surface area contributed by atoms with E-state index in [-0.39, 0.29) is 0 Å². The largest absolute Gasteiger partial charge is 0.481 e. The van der Waals surface area contributed by atoms with E-state index in [1.54, 1.807) is 6.07 Å². The minimum Gasteiger partial charge on any atom is -0.481 e. The van der Waals surface area contributed by atoms with E-state index in [4.69, 9.17) is 5.11 Å². The van der Waals surface area contributed by atoms with Gasteiger partial charge in [-0.25, -0.2) is 0 Å². The van der Waals surface area contributed by atoms with Crippen molar-refractivity contribution >= 4 is 17.6 Å². The lowest BCUT2D eigenvalue weighted by Crippen LogP contribution is -2.26. The van der Waals surface area contributed by atoms with Gasteiger partial charge in [0.25, 0.3) is 0 Å². The van der Waals surface area contributed by atoms with Gasteiger partial charge in [-0.3, -0.25) is 9.59 Å². The molecule has 0 aliphatic rings. The van der Waals surface area contributed by atoms with Gasteiger partial charge in [0.05, 0.1) is 0 Å². The van der Waals surface area contributed by atoms with Crippen LogP contribution in [0, 0.1) is 5.92 Å². The fourth-order valence-corrected chi connectivity index (χ4v) is 1.48. The minimum atomic E-state index is -1.13. The second kappa shape index (κ2) is 6.16. The first kappa shape index (κ1) is 14.2. The molecular weight excluding hydrogens is 232 g/mol. The van der Waals surface area contributed by atoms with E-state index in [9.17, 15) is 9.59 Å². The molecule has 0 aliphatic heterocycles. The van der Waals surface area contributed by atoms with Crippen LogP contribution in [-0.2, 0) is 16.1 Å². The number of carboxylic acid groups (broad SMARTS) is 1. The SMILES string of the molecule is CC(C(=O)O)C(=O)Nc1cccc(CN(C)C)c1. The highest BCUT2D eigenvalue weighted by Gasteiger charge is 2.20. The molecule has 0 fully saturated rings. The summed E-state index contributed by atoms with van der Waals surface area (Å²) in [5.41, 5.74) is 1.67. The Labute approximate surface area is 106 Å². The molecule has 1 aromatic rings. The number of amides is 1. The van der Waals surface area contributed by atoms with Crippen LogP contribution in [0.5, 0.6) is 0 Å². The van der Waals surface area contributed by atoms with Crippen molar-refractivity contribution in [3.63, 3.8) is 0 Å². The van der Waals surface area contributed by atoms with Crippen molar-refractivity contribution < 1.29 is 14.7 Å². The molecule has 0 radical (unpaired) electrons. The predicted molar refractivity (Wildman–Crippen MR) is 69.3 cm³/mol. The number of benzene rings is 1. The van der Waals surface area contributed by atoms with Crippen LogP contribution in [0.3, 0.4) is 0 Å². The number of nitrogens with zero attached hydrogens (tertiary/aromatic N) is 1. The average molecular weight is 250 g/mol. The van der Waals surface area contributed by atoms with Gasteiger partial charge in [0.2, 0.25) is 5.91 Å². The highest BCUT2D eigenvalue weighted by molar-refractivity contribution is 6.03. The Kier molecular flexibility index (Phi) is 4.85. The molecule has 0 aromatic heterocycles. The first-order valence-electron chi connectivity index (χ1n) is 5.67. The zero-order valence-corrected chi connectivity index (χ0v) is 10.8. The molecule has 1 unspecified atom stereocenters. The quantitative estimate of drug-likeness (QED) is 0.775. The third kappa shape index (κ3) is 4.18. The maximum absolute atomic E-state index is 11.6. The zero-order chi connectivity index (χ0) is 13.7. The van der Waals surface area contributed by atoms with Crippen LogP contribution in [-0.4, -0.2) is 36.0 Å². The fourth-order valence-electron chi connectivity index (χ4n) is 1.48. The Morgan fingerprint density at radius 3 is 2.61 bits per heavy atom. The summed E-state index contributed by atoms with van der Waals surface area (Å²) < 4.78 is 0. The Hall–Kier alpha value is -1.88. The molecule has 18 heavy (non-hydrogen) atoms. The van der Waals surface area contributed by atoms with Crippen LogP contribution in [0.15, 0.2) is 24.3 Å². The highest BCUT2D eigenvalue weighted by Crippen LogP contribution is 2.13. The first-order valence-corrected chi connectivity index (χ1v) is 5.67. The van der Waals surface area contributed by atoms with Crippen molar-refractivity contribution in [2.75, 3.05) is 19.4 Å². The smallest absolute Gasteiger partial charge is 0.315 e. The molecule has 5 heteroatoms. The molecule has 0 saturated carbocycles. The van der Waals surface area contributed by atoms with Gasteiger partial charge in [0.15, 0.2) is 0 Å². The van der Waals surface area contributed by atoms with Gasteiger partial charge < -0.3 is 15.3 Å². The van der Waals surface area contributed by atoms with E-state index in [1.165, 1.54) is 6.92 Å². The lowest BCUT2D eigenvalue weighted by atomic mass is 10.1. The van der Waals surface area contributed by atoms with Crippen molar-refractivity contribution in [1.82, 2.24) is 4.90 Å². The molecule has 5 nitrogen and oxygen atoms in total. The summed E-state index contributed by atoms with van der Waals surface area (Å²) in [6.45, 7) is 2.12. The van der Waals surface area contributed by atoms with E-state index in [0.717, 1.165) is 12.1 Å². The highest BCUT2D eigenvalue weighted by atomic mass is 16.4. The fraction of sp³-hybridized carbons (Fsp3) is 0.385. The normalized spacial score (nSPS) is 12.2. The van der Waals surface area contributed by atoms with Crippen LogP contribution in [0.2, 0.25) is 0 Å². The van der Waals surface area contributed by atoms with E-state index < -0.39 is 17.8 Å². The molecule has 0 spiro atoms. The minimum absolute atomic E-state index is 0.510. The van der Waals surface area contributed by atoms with Crippen molar-refractivity contribution in [1.29, 1.82) is 0 Å². The number of carboxylic acids is 1. The number of hydrogen-bond acceptors (Lipinski definition) is 3. The number of hydrogen-bond donors (Lipinski definition) is 2. The van der Waals surface area contributed by atoms with Crippen LogP contribution in [0.25, 0.3) is 0 Å². The first-order chi connectivity index (χ1) is 8.40. The van der Waals surface area contributed by atoms with Gasteiger partial charge in [-0.1, -0.05) is 12.1 Å². The van der Waals surface area contributed by atoms with E-state index in [2.05, 4.69) is 5.32 Å². The summed E-state index contributed by atoms with van der Waals surface area (Å²) in [4.78, 5) is 24.3. The third-order valence-electron chi connectivity index (χ3n) is 2.46. The van der Waals surface area contributed by atoms with Crippen molar-refractivity contribution in [3.8, 4) is 0 Å². The molecular formula is C13H18N2O3. The second-order valence-corrected chi connectivity index (χ2v) is 4.49. The lowest BCUT2D eigenvalue weighted by Gasteiger charge is -2.12. The Balaban J connectivity index is 2.73. The van der Waals surface area contributed by atoms with Crippen molar-refractivity contribution in [2.24, 2.45) is 5.92 Å². The Morgan fingerprint density at radius 1 is 1.39 bits per heavy atom. The molecule has 1 atom stereocenters. The predicted octanol–water partition coefficient (Wildman–Crippen LogP) is 1.41. The summed E-state index contributed by atoms with van der Waals surface area (Å²) in [6.07, 6.45) is 0. The maximum atomic E-state index is 11.6. The summed E-state index contributed by atoms with van der Waals surface area (Å²) in [6, 6.07) is 7.37. The van der Waals surface area contributed by atoms with Gasteiger partial charge in [0, 0.05) is 12.2 Å². The van der Waals surface area contributed by atoms with Gasteiger partial charge in [-0.2, -0.15) is 0 Å². The van der Waals surface area contributed by atoms with Crippen LogP contribution >= 0.6 is 0 Å². The molecule has 1 aromatic carbocycles.